The van der Waals surface area contributed by atoms with Gasteiger partial charge in [-0.2, -0.15) is 5.10 Å². The highest BCUT2D eigenvalue weighted by molar-refractivity contribution is 7.16. The summed E-state index contributed by atoms with van der Waals surface area (Å²) in [5.41, 5.74) is 4.90. The highest BCUT2D eigenvalue weighted by Crippen LogP contribution is 2.20. The van der Waals surface area contributed by atoms with Crippen molar-refractivity contribution in [2.75, 3.05) is 0 Å². The minimum atomic E-state index is -0.00699. The molecule has 2 aromatic carbocycles. The summed E-state index contributed by atoms with van der Waals surface area (Å²) < 4.78 is 1.13. The van der Waals surface area contributed by atoms with E-state index in [9.17, 15) is 9.59 Å². The molecule has 4 rings (SSSR count). The smallest absolute Gasteiger partial charge is 0.180 e. The van der Waals surface area contributed by atoms with Crippen LogP contribution in [0, 0.1) is 5.92 Å². The Morgan fingerprint density at radius 3 is 2.35 bits per heavy atom. The first-order valence-electron chi connectivity index (χ1n) is 10.7. The number of carbonyl (C=O) groups is 2. The summed E-state index contributed by atoms with van der Waals surface area (Å²) in [5.74, 6) is 0.221. The zero-order chi connectivity index (χ0) is 23.4. The van der Waals surface area contributed by atoms with Crippen LogP contribution in [-0.2, 0) is 0 Å². The van der Waals surface area contributed by atoms with Crippen LogP contribution in [0.4, 0.5) is 0 Å². The Morgan fingerprint density at radius 2 is 1.74 bits per heavy atom. The zero-order valence-electron chi connectivity index (χ0n) is 19.5. The van der Waals surface area contributed by atoms with Crippen molar-refractivity contribution < 1.29 is 11.0 Å². The lowest BCUT2D eigenvalue weighted by Crippen LogP contribution is -2.06. The molecule has 0 amide bonds. The highest BCUT2D eigenvalue weighted by atomic mass is 32.1. The minimum absolute atomic E-state index is 0. The first-order valence-corrected chi connectivity index (χ1v) is 11.6. The quantitative estimate of drug-likeness (QED) is 0.332. The van der Waals surface area contributed by atoms with Crippen LogP contribution in [0.1, 0.15) is 77.2 Å². The zero-order valence-corrected chi connectivity index (χ0v) is 20.3. The molecule has 0 fully saturated rings. The molecule has 31 heavy (non-hydrogen) atoms. The normalized spacial score (nSPS) is 9.81. The number of hydrogen-bond acceptors (Lipinski definition) is 5. The molecule has 0 aliphatic rings. The molecule has 0 aliphatic carbocycles. The lowest BCUT2D eigenvalue weighted by molar-refractivity contribution is 0.0938. The molecular weight excluding hydrogens is 406 g/mol. The van der Waals surface area contributed by atoms with Crippen LogP contribution in [0.5, 0.6) is 0 Å². The van der Waals surface area contributed by atoms with Crippen LogP contribution in [0.25, 0.3) is 21.1 Å². The van der Waals surface area contributed by atoms with Crippen LogP contribution in [-0.4, -0.2) is 26.7 Å². The number of Topliss-reactive ketones (excluding diaryl/α,β-unsaturated/α-hetero) is 2. The van der Waals surface area contributed by atoms with E-state index in [1.807, 2.05) is 70.2 Å². The van der Waals surface area contributed by atoms with Crippen molar-refractivity contribution in [3.8, 4) is 0 Å². The molecular formula is C25H35N3O2S. The van der Waals surface area contributed by atoms with Gasteiger partial charge in [-0.05, 0) is 24.3 Å². The molecule has 168 valence electrons. The number of aromatic nitrogens is 3. The van der Waals surface area contributed by atoms with Crippen molar-refractivity contribution in [1.29, 1.82) is 0 Å². The van der Waals surface area contributed by atoms with Crippen LogP contribution < -0.4 is 0 Å². The Bertz CT molecular complexity index is 1100. The number of nitrogens with zero attached hydrogens (tertiary/aromatic N) is 2. The Labute approximate surface area is 190 Å². The average Bonchev–Trinajstić information content (AvgIpc) is 3.42. The fourth-order valence-corrected chi connectivity index (χ4v) is 3.24. The largest absolute Gasteiger partial charge is 0.294 e. The van der Waals surface area contributed by atoms with Gasteiger partial charge in [-0.3, -0.25) is 14.7 Å². The molecule has 6 heteroatoms. The van der Waals surface area contributed by atoms with Crippen molar-refractivity contribution in [1.82, 2.24) is 15.2 Å². The predicted molar refractivity (Wildman–Crippen MR) is 134 cm³/mol. The summed E-state index contributed by atoms with van der Waals surface area (Å²) in [6.45, 7) is 13.6. The lowest BCUT2D eigenvalue weighted by atomic mass is 10.0. The van der Waals surface area contributed by atoms with E-state index >= 15 is 0 Å². The maximum absolute atomic E-state index is 11.7. The average molecular weight is 442 g/mol. The molecule has 4 aromatic rings. The number of fused-ring (bicyclic) bond motifs is 2. The van der Waals surface area contributed by atoms with Crippen molar-refractivity contribution in [3.05, 3.63) is 59.2 Å². The number of hydrogen-bond donors (Lipinski definition) is 1. The van der Waals surface area contributed by atoms with E-state index < -0.39 is 0 Å². The number of aromatic amines is 1. The molecule has 0 radical (unpaired) electrons. The van der Waals surface area contributed by atoms with Gasteiger partial charge in [0, 0.05) is 25.2 Å². The minimum Gasteiger partial charge on any atom is -0.294 e. The number of carbonyl (C=O) groups excluding carboxylic acids is 2. The van der Waals surface area contributed by atoms with E-state index in [0.717, 1.165) is 26.7 Å². The molecule has 2 aromatic heterocycles. The number of thiazole rings is 1. The first-order chi connectivity index (χ1) is 14.9. The first kappa shape index (κ1) is 26.2. The van der Waals surface area contributed by atoms with E-state index in [-0.39, 0.29) is 18.9 Å². The summed E-state index contributed by atoms with van der Waals surface area (Å²) in [6, 6.07) is 13.3. The summed E-state index contributed by atoms with van der Waals surface area (Å²) >= 11 is 1.59. The number of H-pyrrole nitrogens is 1. The van der Waals surface area contributed by atoms with Gasteiger partial charge >= 0.3 is 0 Å². The molecule has 5 nitrogen and oxygen atoms in total. The summed E-state index contributed by atoms with van der Waals surface area (Å²) in [5, 5.41) is 7.61. The van der Waals surface area contributed by atoms with Gasteiger partial charge in [-0.25, -0.2) is 4.98 Å². The molecule has 0 atom stereocenters. The van der Waals surface area contributed by atoms with Crippen molar-refractivity contribution in [3.63, 3.8) is 0 Å². The lowest BCUT2D eigenvalue weighted by Gasteiger charge is -2.03. The van der Waals surface area contributed by atoms with Gasteiger partial charge in [0.15, 0.2) is 11.6 Å². The van der Waals surface area contributed by atoms with E-state index in [0.29, 0.717) is 5.69 Å². The van der Waals surface area contributed by atoms with Gasteiger partial charge in [0.05, 0.1) is 21.2 Å². The Kier molecular flexibility index (Phi) is 11.4. The summed E-state index contributed by atoms with van der Waals surface area (Å²) in [4.78, 5) is 26.9. The SMILES string of the molecule is CC.CC(=O)c1n[nH]c2ccccc12.CC(C)C(=O)c1ccc2scnc2c1.CCC.[HH]. The van der Waals surface area contributed by atoms with Crippen molar-refractivity contribution >= 4 is 44.0 Å². The number of ketones is 2. The standard InChI is InChI=1S/C11H11NOS.C9H8N2O.C3H8.C2H6.H2/c1-7(2)11(13)8-3-4-10-9(5-8)12-6-14-10;1-6(12)9-7-4-2-3-5-8(7)10-11-9;1-3-2;1-2;/h3-7H,1-2H3;2-5H,1H3,(H,10,11);3H2,1-2H3;1-2H3;1H. The van der Waals surface area contributed by atoms with Gasteiger partial charge in [0.1, 0.15) is 5.69 Å². The number of para-hydroxylation sites is 1. The van der Waals surface area contributed by atoms with E-state index in [4.69, 9.17) is 0 Å². The molecule has 0 spiro atoms. The van der Waals surface area contributed by atoms with Crippen molar-refractivity contribution in [2.45, 2.75) is 54.9 Å². The van der Waals surface area contributed by atoms with Gasteiger partial charge in [0.25, 0.3) is 0 Å². The number of nitrogens with one attached hydrogen (secondary N) is 1. The van der Waals surface area contributed by atoms with Crippen LogP contribution >= 0.6 is 11.3 Å². The molecule has 0 aliphatic heterocycles. The molecule has 0 saturated carbocycles. The van der Waals surface area contributed by atoms with E-state index in [1.165, 1.54) is 13.3 Å². The van der Waals surface area contributed by atoms with Gasteiger partial charge < -0.3 is 0 Å². The molecule has 0 saturated heterocycles. The molecule has 0 unspecified atom stereocenters. The van der Waals surface area contributed by atoms with Crippen LogP contribution in [0.15, 0.2) is 48.0 Å². The molecule has 1 N–H and O–H groups in total. The number of rotatable bonds is 3. The van der Waals surface area contributed by atoms with E-state index in [1.54, 1.807) is 16.8 Å². The summed E-state index contributed by atoms with van der Waals surface area (Å²) in [7, 11) is 0. The fourth-order valence-electron chi connectivity index (χ4n) is 2.58. The van der Waals surface area contributed by atoms with Crippen LogP contribution in [0.3, 0.4) is 0 Å². The van der Waals surface area contributed by atoms with Gasteiger partial charge in [0.2, 0.25) is 0 Å². The third-order valence-corrected chi connectivity index (χ3v) is 4.75. The maximum Gasteiger partial charge on any atom is 0.180 e. The third kappa shape index (κ3) is 7.40. The Balaban J connectivity index is 0.000000492. The topological polar surface area (TPSA) is 75.7 Å². The second kappa shape index (κ2) is 13.4. The Morgan fingerprint density at radius 1 is 1.10 bits per heavy atom. The molecule has 0 bridgehead atoms. The van der Waals surface area contributed by atoms with Crippen molar-refractivity contribution in [2.24, 2.45) is 5.92 Å². The second-order valence-corrected chi connectivity index (χ2v) is 7.82. The third-order valence-electron chi connectivity index (χ3n) is 3.94. The van der Waals surface area contributed by atoms with E-state index in [2.05, 4.69) is 29.0 Å². The summed E-state index contributed by atoms with van der Waals surface area (Å²) in [6.07, 6.45) is 1.25. The fraction of sp³-hybridized carbons (Fsp3) is 0.360. The van der Waals surface area contributed by atoms with Gasteiger partial charge in [-0.15, -0.1) is 11.3 Å². The van der Waals surface area contributed by atoms with Gasteiger partial charge in [-0.1, -0.05) is 66.2 Å². The maximum atomic E-state index is 11.7. The molecule has 2 heterocycles. The predicted octanol–water partition coefficient (Wildman–Crippen LogP) is 7.59. The number of benzene rings is 2. The second-order valence-electron chi connectivity index (χ2n) is 6.93. The van der Waals surface area contributed by atoms with Crippen LogP contribution in [0.2, 0.25) is 0 Å². The monoisotopic (exact) mass is 441 g/mol. The highest BCUT2D eigenvalue weighted by Gasteiger charge is 2.11. The Hall–Kier alpha value is -2.86.